The minimum absolute atomic E-state index is 0.0245. The van der Waals surface area contributed by atoms with Crippen LogP contribution in [0, 0.1) is 11.8 Å². The van der Waals surface area contributed by atoms with Crippen molar-refractivity contribution in [3.05, 3.63) is 0 Å². The summed E-state index contributed by atoms with van der Waals surface area (Å²) in [4.78, 5) is 24.0. The maximum Gasteiger partial charge on any atom is 0.303 e. The van der Waals surface area contributed by atoms with Gasteiger partial charge in [-0.25, -0.2) is 8.78 Å². The van der Waals surface area contributed by atoms with Gasteiger partial charge < -0.3 is 10.0 Å². The molecule has 18 heavy (non-hydrogen) atoms. The summed E-state index contributed by atoms with van der Waals surface area (Å²) in [5.74, 6) is -3.82. The zero-order valence-corrected chi connectivity index (χ0v) is 10.1. The Labute approximate surface area is 104 Å². The molecule has 4 nitrogen and oxygen atoms in total. The van der Waals surface area contributed by atoms with Crippen LogP contribution in [0.4, 0.5) is 8.78 Å². The van der Waals surface area contributed by atoms with E-state index in [1.807, 2.05) is 0 Å². The van der Waals surface area contributed by atoms with Crippen LogP contribution in [0.3, 0.4) is 0 Å². The van der Waals surface area contributed by atoms with E-state index in [0.717, 1.165) is 0 Å². The van der Waals surface area contributed by atoms with E-state index in [-0.39, 0.29) is 49.8 Å². The van der Waals surface area contributed by atoms with Gasteiger partial charge in [0.05, 0.1) is 6.42 Å². The first-order valence-electron chi connectivity index (χ1n) is 6.26. The maximum absolute atomic E-state index is 13.0. The van der Waals surface area contributed by atoms with E-state index in [1.165, 1.54) is 0 Å². The van der Waals surface area contributed by atoms with Crippen LogP contribution in [0.15, 0.2) is 0 Å². The summed E-state index contributed by atoms with van der Waals surface area (Å²) in [7, 11) is 0. The van der Waals surface area contributed by atoms with Crippen LogP contribution < -0.4 is 0 Å². The van der Waals surface area contributed by atoms with Crippen molar-refractivity contribution in [3.8, 4) is 0 Å². The lowest BCUT2D eigenvalue weighted by molar-refractivity contribution is -0.150. The van der Waals surface area contributed by atoms with Gasteiger partial charge >= 0.3 is 5.97 Å². The molecule has 2 rings (SSSR count). The van der Waals surface area contributed by atoms with Gasteiger partial charge in [0, 0.05) is 37.8 Å². The molecule has 1 aliphatic carbocycles. The predicted octanol–water partition coefficient (Wildman–Crippen LogP) is 1.74. The number of rotatable bonds is 3. The van der Waals surface area contributed by atoms with E-state index in [2.05, 4.69) is 0 Å². The van der Waals surface area contributed by atoms with Gasteiger partial charge in [0.1, 0.15) is 0 Å². The molecular weight excluding hydrogens is 244 g/mol. The second-order valence-electron chi connectivity index (χ2n) is 5.34. The van der Waals surface area contributed by atoms with Crippen LogP contribution in [-0.2, 0) is 9.59 Å². The number of halogens is 2. The van der Waals surface area contributed by atoms with Crippen LogP contribution >= 0.6 is 0 Å². The van der Waals surface area contributed by atoms with Gasteiger partial charge in [-0.15, -0.1) is 0 Å². The number of carboxylic acids is 1. The minimum Gasteiger partial charge on any atom is -0.481 e. The Morgan fingerprint density at radius 1 is 1.22 bits per heavy atom. The molecule has 102 valence electrons. The third-order valence-electron chi connectivity index (χ3n) is 3.80. The van der Waals surface area contributed by atoms with Crippen molar-refractivity contribution >= 4 is 11.9 Å². The number of hydrogen-bond acceptors (Lipinski definition) is 2. The Morgan fingerprint density at radius 2 is 1.78 bits per heavy atom. The minimum atomic E-state index is -2.61. The highest BCUT2D eigenvalue weighted by molar-refractivity contribution is 5.80. The Balaban J connectivity index is 1.75. The zero-order valence-electron chi connectivity index (χ0n) is 10.1. The van der Waals surface area contributed by atoms with Crippen molar-refractivity contribution in [2.24, 2.45) is 11.8 Å². The fraction of sp³-hybridized carbons (Fsp3) is 0.833. The van der Waals surface area contributed by atoms with E-state index in [0.29, 0.717) is 13.1 Å². The fourth-order valence-corrected chi connectivity index (χ4v) is 2.67. The predicted molar refractivity (Wildman–Crippen MR) is 59.2 cm³/mol. The topological polar surface area (TPSA) is 57.6 Å². The summed E-state index contributed by atoms with van der Waals surface area (Å²) in [6.07, 6.45) is 0.135. The van der Waals surface area contributed by atoms with E-state index in [4.69, 9.17) is 5.11 Å². The summed E-state index contributed by atoms with van der Waals surface area (Å²) < 4.78 is 25.9. The van der Waals surface area contributed by atoms with Crippen LogP contribution in [0.1, 0.15) is 32.1 Å². The van der Waals surface area contributed by atoms with E-state index >= 15 is 0 Å². The first kappa shape index (κ1) is 13.2. The molecule has 0 aromatic carbocycles. The van der Waals surface area contributed by atoms with Gasteiger partial charge in [0.25, 0.3) is 0 Å². The fourth-order valence-electron chi connectivity index (χ4n) is 2.67. The van der Waals surface area contributed by atoms with E-state index in [1.54, 1.807) is 4.90 Å². The van der Waals surface area contributed by atoms with Crippen molar-refractivity contribution in [2.75, 3.05) is 13.1 Å². The molecule has 0 radical (unpaired) electrons. The average molecular weight is 261 g/mol. The number of aliphatic carboxylic acids is 1. The quantitative estimate of drug-likeness (QED) is 0.842. The summed E-state index contributed by atoms with van der Waals surface area (Å²) in [5.41, 5.74) is 0. The van der Waals surface area contributed by atoms with Gasteiger partial charge in [-0.1, -0.05) is 0 Å². The smallest absolute Gasteiger partial charge is 0.303 e. The molecule has 0 unspecified atom stereocenters. The number of carbonyl (C=O) groups is 2. The molecule has 1 saturated carbocycles. The number of amides is 1. The Hall–Kier alpha value is -1.20. The summed E-state index contributed by atoms with van der Waals surface area (Å²) in [5, 5.41) is 8.59. The summed E-state index contributed by atoms with van der Waals surface area (Å²) in [6.45, 7) is 0.913. The second-order valence-corrected chi connectivity index (χ2v) is 5.34. The zero-order chi connectivity index (χ0) is 13.3. The van der Waals surface area contributed by atoms with Crippen molar-refractivity contribution in [1.82, 2.24) is 4.90 Å². The number of nitrogens with zero attached hydrogens (tertiary/aromatic N) is 1. The van der Waals surface area contributed by atoms with Gasteiger partial charge in [0.2, 0.25) is 11.8 Å². The highest BCUT2D eigenvalue weighted by atomic mass is 19.3. The highest BCUT2D eigenvalue weighted by Crippen LogP contribution is 2.37. The largest absolute Gasteiger partial charge is 0.481 e. The van der Waals surface area contributed by atoms with Crippen molar-refractivity contribution in [3.63, 3.8) is 0 Å². The van der Waals surface area contributed by atoms with Crippen LogP contribution in [0.5, 0.6) is 0 Å². The first-order chi connectivity index (χ1) is 8.37. The molecule has 2 aliphatic rings. The SMILES string of the molecule is O=C(O)CC1CN(C(=O)C2CCC(F)(F)CC2)C1. The Bertz CT molecular complexity index is 343. The molecule has 0 spiro atoms. The third-order valence-corrected chi connectivity index (χ3v) is 3.80. The first-order valence-corrected chi connectivity index (χ1v) is 6.26. The van der Waals surface area contributed by atoms with Gasteiger partial charge in [0.15, 0.2) is 0 Å². The molecule has 1 aliphatic heterocycles. The van der Waals surface area contributed by atoms with Crippen LogP contribution in [0.25, 0.3) is 0 Å². The molecule has 0 aromatic heterocycles. The van der Waals surface area contributed by atoms with Gasteiger partial charge in [-0.3, -0.25) is 9.59 Å². The number of likely N-dealkylation sites (tertiary alicyclic amines) is 1. The molecule has 0 bridgehead atoms. The molecule has 6 heteroatoms. The lowest BCUT2D eigenvalue weighted by atomic mass is 9.84. The molecule has 0 atom stereocenters. The molecule has 1 saturated heterocycles. The van der Waals surface area contributed by atoms with Crippen molar-refractivity contribution in [1.29, 1.82) is 0 Å². The van der Waals surface area contributed by atoms with Gasteiger partial charge in [-0.05, 0) is 12.8 Å². The normalized spacial score (nSPS) is 24.7. The highest BCUT2D eigenvalue weighted by Gasteiger charge is 2.41. The molecule has 1 N–H and O–H groups in total. The van der Waals surface area contributed by atoms with Crippen LogP contribution in [0.2, 0.25) is 0 Å². The Morgan fingerprint density at radius 3 is 2.28 bits per heavy atom. The molecule has 0 aromatic rings. The third kappa shape index (κ3) is 2.97. The molecule has 2 fully saturated rings. The lowest BCUT2D eigenvalue weighted by Gasteiger charge is -2.41. The average Bonchev–Trinajstić information content (AvgIpc) is 2.21. The maximum atomic E-state index is 13.0. The number of hydrogen-bond donors (Lipinski definition) is 1. The standard InChI is InChI=1S/C12H17F2NO3/c13-12(14)3-1-9(2-4-12)11(18)15-6-8(7-15)5-10(16)17/h8-9H,1-7H2,(H,16,17). The number of alkyl halides is 2. The number of carbonyl (C=O) groups excluding carboxylic acids is 1. The summed E-state index contributed by atoms with van der Waals surface area (Å²) in [6, 6.07) is 0. The summed E-state index contributed by atoms with van der Waals surface area (Å²) >= 11 is 0. The van der Waals surface area contributed by atoms with E-state index in [9.17, 15) is 18.4 Å². The molecule has 1 heterocycles. The van der Waals surface area contributed by atoms with Crippen molar-refractivity contribution < 1.29 is 23.5 Å². The second kappa shape index (κ2) is 4.82. The molecular formula is C12H17F2NO3. The Kier molecular flexibility index (Phi) is 3.54. The van der Waals surface area contributed by atoms with E-state index < -0.39 is 11.9 Å². The van der Waals surface area contributed by atoms with Crippen molar-refractivity contribution in [2.45, 2.75) is 38.0 Å². The van der Waals surface area contributed by atoms with Crippen LogP contribution in [-0.4, -0.2) is 40.9 Å². The lowest BCUT2D eigenvalue weighted by Crippen LogP contribution is -2.53. The number of carboxylic acid groups (broad SMARTS) is 1. The van der Waals surface area contributed by atoms with Gasteiger partial charge in [-0.2, -0.15) is 0 Å². The monoisotopic (exact) mass is 261 g/mol. The molecule has 1 amide bonds.